The number of rotatable bonds is 4. The number of hydrogen-bond donors (Lipinski definition) is 3. The van der Waals surface area contributed by atoms with E-state index in [9.17, 15) is 19.2 Å². The highest BCUT2D eigenvalue weighted by Crippen LogP contribution is 2.32. The third-order valence-corrected chi connectivity index (χ3v) is 5.21. The first-order valence-corrected chi connectivity index (χ1v) is 9.25. The topological polar surface area (TPSA) is 122 Å². The molecule has 144 valence electrons. The van der Waals surface area contributed by atoms with Crippen LogP contribution in [-0.4, -0.2) is 40.7 Å². The second-order valence-electron chi connectivity index (χ2n) is 7.16. The van der Waals surface area contributed by atoms with Crippen LogP contribution in [0.25, 0.3) is 0 Å². The third kappa shape index (κ3) is 4.10. The zero-order chi connectivity index (χ0) is 19.4. The number of hydrogen-bond acceptors (Lipinski definition) is 4. The lowest BCUT2D eigenvalue weighted by Gasteiger charge is -2.28. The number of urea groups is 1. The molecular formula is C19H24N4O4. The van der Waals surface area contributed by atoms with Gasteiger partial charge in [0.15, 0.2) is 0 Å². The number of nitrogens with one attached hydrogen (secondary N) is 2. The van der Waals surface area contributed by atoms with Crippen molar-refractivity contribution in [3.63, 3.8) is 0 Å². The van der Waals surface area contributed by atoms with Crippen molar-refractivity contribution in [3.8, 4) is 0 Å². The molecule has 8 heteroatoms. The van der Waals surface area contributed by atoms with Crippen LogP contribution in [0.2, 0.25) is 0 Å². The minimum atomic E-state index is -0.860. The highest BCUT2D eigenvalue weighted by atomic mass is 16.2. The fourth-order valence-electron chi connectivity index (χ4n) is 3.73. The summed E-state index contributed by atoms with van der Waals surface area (Å²) >= 11 is 0. The molecule has 27 heavy (non-hydrogen) atoms. The zero-order valence-electron chi connectivity index (χ0n) is 15.1. The van der Waals surface area contributed by atoms with Gasteiger partial charge < -0.3 is 16.4 Å². The van der Waals surface area contributed by atoms with E-state index < -0.39 is 23.4 Å². The summed E-state index contributed by atoms with van der Waals surface area (Å²) < 4.78 is 0. The Kier molecular flexibility index (Phi) is 5.43. The van der Waals surface area contributed by atoms with E-state index in [4.69, 9.17) is 5.73 Å². The van der Waals surface area contributed by atoms with Gasteiger partial charge in [0.25, 0.3) is 5.91 Å². The Balaban J connectivity index is 1.64. The van der Waals surface area contributed by atoms with Gasteiger partial charge in [-0.25, -0.2) is 4.79 Å². The molecule has 0 aromatic heterocycles. The van der Waals surface area contributed by atoms with Crippen molar-refractivity contribution in [2.75, 3.05) is 11.9 Å². The normalized spacial score (nSPS) is 19.3. The van der Waals surface area contributed by atoms with Gasteiger partial charge in [0.2, 0.25) is 11.8 Å². The van der Waals surface area contributed by atoms with Gasteiger partial charge in [-0.05, 0) is 37.1 Å². The molecule has 1 heterocycles. The van der Waals surface area contributed by atoms with Crippen molar-refractivity contribution < 1.29 is 19.2 Å². The summed E-state index contributed by atoms with van der Waals surface area (Å²) in [4.78, 5) is 49.6. The Morgan fingerprint density at radius 3 is 2.22 bits per heavy atom. The number of imide groups is 1. The number of nitrogens with zero attached hydrogens (tertiary/aromatic N) is 1. The quantitative estimate of drug-likeness (QED) is 0.697. The van der Waals surface area contributed by atoms with Crippen molar-refractivity contribution in [1.82, 2.24) is 10.2 Å². The molecule has 1 spiro atoms. The zero-order valence-corrected chi connectivity index (χ0v) is 15.1. The molecule has 8 nitrogen and oxygen atoms in total. The first-order chi connectivity index (χ1) is 12.9. The fourth-order valence-corrected chi connectivity index (χ4v) is 3.73. The molecule has 2 fully saturated rings. The van der Waals surface area contributed by atoms with Gasteiger partial charge in [-0.3, -0.25) is 19.3 Å². The van der Waals surface area contributed by atoms with Gasteiger partial charge in [-0.2, -0.15) is 0 Å². The Morgan fingerprint density at radius 2 is 1.63 bits per heavy atom. The highest BCUT2D eigenvalue weighted by Gasteiger charge is 2.50. The highest BCUT2D eigenvalue weighted by molar-refractivity contribution is 6.10. The average molecular weight is 372 g/mol. The van der Waals surface area contributed by atoms with E-state index in [1.54, 1.807) is 12.1 Å². The Morgan fingerprint density at radius 1 is 1.04 bits per heavy atom. The maximum Gasteiger partial charge on any atom is 0.325 e. The van der Waals surface area contributed by atoms with Crippen LogP contribution < -0.4 is 16.4 Å². The second-order valence-corrected chi connectivity index (χ2v) is 7.16. The van der Waals surface area contributed by atoms with Crippen LogP contribution in [0.5, 0.6) is 0 Å². The molecule has 0 atom stereocenters. The lowest BCUT2D eigenvalue weighted by molar-refractivity contribution is -0.134. The summed E-state index contributed by atoms with van der Waals surface area (Å²) in [7, 11) is 0. The van der Waals surface area contributed by atoms with Gasteiger partial charge in [-0.1, -0.05) is 32.1 Å². The molecule has 2 aliphatic rings. The first kappa shape index (κ1) is 18.9. The van der Waals surface area contributed by atoms with E-state index in [-0.39, 0.29) is 12.5 Å². The van der Waals surface area contributed by atoms with E-state index in [1.165, 1.54) is 12.1 Å². The number of anilines is 1. The Labute approximate surface area is 157 Å². The van der Waals surface area contributed by atoms with E-state index in [1.807, 2.05) is 0 Å². The summed E-state index contributed by atoms with van der Waals surface area (Å²) in [5.41, 5.74) is 5.10. The second kappa shape index (κ2) is 7.77. The number of carbonyl (C=O) groups is 4. The predicted molar refractivity (Wildman–Crippen MR) is 98.9 cm³/mol. The van der Waals surface area contributed by atoms with Gasteiger partial charge >= 0.3 is 6.03 Å². The maximum absolute atomic E-state index is 12.9. The van der Waals surface area contributed by atoms with E-state index in [2.05, 4.69) is 10.6 Å². The lowest BCUT2D eigenvalue weighted by Crippen LogP contribution is -2.47. The van der Waals surface area contributed by atoms with Gasteiger partial charge in [0, 0.05) is 11.3 Å². The average Bonchev–Trinajstić information content (AvgIpc) is 2.84. The van der Waals surface area contributed by atoms with Crippen molar-refractivity contribution in [1.29, 1.82) is 0 Å². The van der Waals surface area contributed by atoms with Crippen molar-refractivity contribution in [2.24, 2.45) is 5.73 Å². The van der Waals surface area contributed by atoms with E-state index in [0.29, 0.717) is 24.1 Å². The summed E-state index contributed by atoms with van der Waals surface area (Å²) in [5, 5.41) is 5.46. The summed E-state index contributed by atoms with van der Waals surface area (Å²) in [6.45, 7) is -0.343. The van der Waals surface area contributed by atoms with E-state index in [0.717, 1.165) is 37.0 Å². The number of carbonyl (C=O) groups excluding carboxylic acids is 4. The van der Waals surface area contributed by atoms with Crippen LogP contribution in [0.1, 0.15) is 55.3 Å². The van der Waals surface area contributed by atoms with Gasteiger partial charge in [-0.15, -0.1) is 0 Å². The molecule has 1 aromatic rings. The molecule has 1 aliphatic heterocycles. The van der Waals surface area contributed by atoms with E-state index >= 15 is 0 Å². The number of primary amides is 1. The van der Waals surface area contributed by atoms with Crippen molar-refractivity contribution in [2.45, 2.75) is 50.5 Å². The Bertz CT molecular complexity index is 751. The van der Waals surface area contributed by atoms with Crippen molar-refractivity contribution in [3.05, 3.63) is 29.8 Å². The van der Waals surface area contributed by atoms with Gasteiger partial charge in [0.1, 0.15) is 12.1 Å². The molecule has 1 aliphatic carbocycles. The summed E-state index contributed by atoms with van der Waals surface area (Å²) in [5.74, 6) is -1.35. The summed E-state index contributed by atoms with van der Waals surface area (Å²) in [6.07, 6.45) is 6.25. The first-order valence-electron chi connectivity index (χ1n) is 9.25. The molecule has 0 radical (unpaired) electrons. The molecular weight excluding hydrogens is 348 g/mol. The molecule has 0 bridgehead atoms. The molecule has 1 saturated heterocycles. The van der Waals surface area contributed by atoms with Crippen LogP contribution in [-0.2, 0) is 9.59 Å². The van der Waals surface area contributed by atoms with Gasteiger partial charge in [0.05, 0.1) is 0 Å². The maximum atomic E-state index is 12.9. The largest absolute Gasteiger partial charge is 0.366 e. The minimum Gasteiger partial charge on any atom is -0.366 e. The predicted octanol–water partition coefficient (Wildman–Crippen LogP) is 1.76. The molecule has 4 N–H and O–H groups in total. The summed E-state index contributed by atoms with van der Waals surface area (Å²) in [6, 6.07) is 5.56. The van der Waals surface area contributed by atoms with Crippen LogP contribution in [0.4, 0.5) is 10.5 Å². The molecule has 3 rings (SSSR count). The minimum absolute atomic E-state index is 0.311. The Hall–Kier alpha value is -2.90. The monoisotopic (exact) mass is 372 g/mol. The van der Waals surface area contributed by atoms with Crippen LogP contribution >= 0.6 is 0 Å². The van der Waals surface area contributed by atoms with Crippen LogP contribution in [0.3, 0.4) is 0 Å². The fraction of sp³-hybridized carbons (Fsp3) is 0.474. The number of nitrogens with two attached hydrogens (primary N) is 1. The molecule has 1 aromatic carbocycles. The number of benzene rings is 1. The molecule has 5 amide bonds. The molecule has 1 saturated carbocycles. The smallest absolute Gasteiger partial charge is 0.325 e. The third-order valence-electron chi connectivity index (χ3n) is 5.21. The molecule has 0 unspecified atom stereocenters. The van der Waals surface area contributed by atoms with Crippen molar-refractivity contribution >= 4 is 29.4 Å². The SMILES string of the molecule is NC(=O)c1ccc(NC(=O)CN2C(=O)NC3(CCCCCCC3)C2=O)cc1. The standard InChI is InChI=1S/C19H24N4O4/c20-16(25)13-6-8-14(9-7-13)21-15(24)12-23-17(26)19(22-18(23)27)10-4-2-1-3-5-11-19/h6-9H,1-5,10-12H2,(H2,20,25)(H,21,24)(H,22,27). The lowest BCUT2D eigenvalue weighted by atomic mass is 9.84. The van der Waals surface area contributed by atoms with Crippen LogP contribution in [0.15, 0.2) is 24.3 Å². The number of amides is 5. The van der Waals surface area contributed by atoms with Crippen LogP contribution in [0, 0.1) is 0 Å².